The van der Waals surface area contributed by atoms with E-state index >= 15 is 0 Å². The van der Waals surface area contributed by atoms with Crippen LogP contribution in [-0.2, 0) is 0 Å². The van der Waals surface area contributed by atoms with Gasteiger partial charge in [0, 0.05) is 44.4 Å². The molecule has 44 heavy (non-hydrogen) atoms. The quantitative estimate of drug-likeness (QED) is 0.213. The van der Waals surface area contributed by atoms with Crippen LogP contribution in [0.4, 0.5) is 0 Å². The maximum absolute atomic E-state index is 6.16. The molecular weight excluding hydrogens is 542 g/mol. The van der Waals surface area contributed by atoms with E-state index in [2.05, 4.69) is 76.3 Å². The van der Waals surface area contributed by atoms with E-state index in [0.717, 1.165) is 55.3 Å². The minimum absolute atomic E-state index is 0.580. The van der Waals surface area contributed by atoms with Gasteiger partial charge in [-0.3, -0.25) is 4.98 Å². The monoisotopic (exact) mass is 565 g/mol. The number of aromatic nitrogens is 5. The second-order valence-electron chi connectivity index (χ2n) is 10.7. The number of nitrogens with zero attached hydrogens (tertiary/aromatic N) is 5. The molecule has 0 saturated heterocycles. The average Bonchev–Trinajstić information content (AvgIpc) is 3.64. The van der Waals surface area contributed by atoms with Crippen molar-refractivity contribution < 1.29 is 4.42 Å². The van der Waals surface area contributed by atoms with Crippen LogP contribution < -0.4 is 0 Å². The van der Waals surface area contributed by atoms with Crippen molar-refractivity contribution in [1.82, 2.24) is 24.5 Å². The molecule has 4 heterocycles. The van der Waals surface area contributed by atoms with Crippen LogP contribution in [0.15, 0.2) is 144 Å². The second kappa shape index (κ2) is 9.71. The van der Waals surface area contributed by atoms with Crippen molar-refractivity contribution in [2.45, 2.75) is 0 Å². The average molecular weight is 566 g/mol. The van der Waals surface area contributed by atoms with E-state index in [1.807, 2.05) is 60.7 Å². The van der Waals surface area contributed by atoms with Crippen LogP contribution in [-0.4, -0.2) is 24.5 Å². The van der Waals surface area contributed by atoms with Crippen LogP contribution in [0.1, 0.15) is 0 Å². The summed E-state index contributed by atoms with van der Waals surface area (Å²) < 4.78 is 8.47. The van der Waals surface area contributed by atoms with E-state index in [1.165, 1.54) is 10.8 Å². The summed E-state index contributed by atoms with van der Waals surface area (Å²) in [7, 11) is 0. The first-order valence-corrected chi connectivity index (χ1v) is 14.5. The highest BCUT2D eigenvalue weighted by atomic mass is 16.3. The molecule has 0 aliphatic heterocycles. The maximum Gasteiger partial charge on any atom is 0.166 e. The first kappa shape index (κ1) is 24.5. The molecule has 0 saturated carbocycles. The van der Waals surface area contributed by atoms with Crippen molar-refractivity contribution in [1.29, 1.82) is 0 Å². The molecule has 0 spiro atoms. The Morgan fingerprint density at radius 3 is 1.91 bits per heavy atom. The summed E-state index contributed by atoms with van der Waals surface area (Å²) in [5, 5.41) is 4.33. The van der Waals surface area contributed by atoms with E-state index in [1.54, 1.807) is 12.4 Å². The number of benzene rings is 5. The summed E-state index contributed by atoms with van der Waals surface area (Å²) in [6.07, 6.45) is 3.53. The molecule has 0 amide bonds. The van der Waals surface area contributed by atoms with Gasteiger partial charge in [0.05, 0.1) is 22.9 Å². The smallest absolute Gasteiger partial charge is 0.166 e. The molecule has 0 atom stereocenters. The largest absolute Gasteiger partial charge is 0.454 e. The van der Waals surface area contributed by atoms with E-state index in [9.17, 15) is 0 Å². The van der Waals surface area contributed by atoms with Gasteiger partial charge in [0.2, 0.25) is 0 Å². The number of hydrogen-bond acceptors (Lipinski definition) is 5. The molecule has 6 nitrogen and oxygen atoms in total. The van der Waals surface area contributed by atoms with Gasteiger partial charge in [-0.25, -0.2) is 15.0 Å². The lowest BCUT2D eigenvalue weighted by Gasteiger charge is -2.14. The van der Waals surface area contributed by atoms with Gasteiger partial charge in [-0.05, 0) is 36.4 Å². The Kier molecular flexibility index (Phi) is 5.40. The van der Waals surface area contributed by atoms with Gasteiger partial charge in [-0.1, -0.05) is 91.0 Å². The summed E-state index contributed by atoms with van der Waals surface area (Å²) in [5.74, 6) is 1.78. The normalized spacial score (nSPS) is 11.6. The molecule has 9 aromatic rings. The van der Waals surface area contributed by atoms with Crippen molar-refractivity contribution in [3.63, 3.8) is 0 Å². The lowest BCUT2D eigenvalue weighted by atomic mass is 10.1. The van der Waals surface area contributed by atoms with Crippen molar-refractivity contribution in [2.24, 2.45) is 0 Å². The minimum Gasteiger partial charge on any atom is -0.454 e. The summed E-state index contributed by atoms with van der Waals surface area (Å²) in [6.45, 7) is 0. The Morgan fingerprint density at radius 2 is 1.11 bits per heavy atom. The van der Waals surface area contributed by atoms with Gasteiger partial charge in [0.15, 0.2) is 23.1 Å². The molecule has 206 valence electrons. The Morgan fingerprint density at radius 1 is 0.477 bits per heavy atom. The van der Waals surface area contributed by atoms with E-state index < -0.39 is 0 Å². The van der Waals surface area contributed by atoms with Crippen LogP contribution in [0, 0.1) is 0 Å². The Labute approximate surface area is 251 Å². The van der Waals surface area contributed by atoms with Crippen molar-refractivity contribution in [3.8, 4) is 39.9 Å². The molecule has 9 rings (SSSR count). The first-order valence-electron chi connectivity index (χ1n) is 14.5. The molecule has 0 unspecified atom stereocenters. The number of fused-ring (bicyclic) bond motifs is 6. The van der Waals surface area contributed by atoms with Gasteiger partial charge >= 0.3 is 0 Å². The zero-order chi connectivity index (χ0) is 29.0. The fourth-order valence-electron chi connectivity index (χ4n) is 6.24. The van der Waals surface area contributed by atoms with Crippen LogP contribution in [0.2, 0.25) is 0 Å². The second-order valence-corrected chi connectivity index (χ2v) is 10.7. The molecule has 0 radical (unpaired) electrons. The van der Waals surface area contributed by atoms with E-state index in [-0.39, 0.29) is 0 Å². The number of pyridine rings is 1. The van der Waals surface area contributed by atoms with Gasteiger partial charge in [0.25, 0.3) is 0 Å². The first-order chi connectivity index (χ1) is 21.8. The van der Waals surface area contributed by atoms with Gasteiger partial charge in [-0.2, -0.15) is 0 Å². The topological polar surface area (TPSA) is 69.6 Å². The molecule has 4 aromatic heterocycles. The van der Waals surface area contributed by atoms with Crippen LogP contribution in [0.5, 0.6) is 0 Å². The van der Waals surface area contributed by atoms with Gasteiger partial charge in [-0.15, -0.1) is 0 Å². The number of hydrogen-bond donors (Lipinski definition) is 0. The third-order valence-electron chi connectivity index (χ3n) is 8.17. The fraction of sp³-hybridized carbons (Fsp3) is 0. The number of para-hydroxylation sites is 3. The summed E-state index contributed by atoms with van der Waals surface area (Å²) in [4.78, 5) is 19.6. The fourth-order valence-corrected chi connectivity index (χ4v) is 6.24. The summed E-state index contributed by atoms with van der Waals surface area (Å²) in [6, 6.07) is 43.4. The third kappa shape index (κ3) is 3.75. The van der Waals surface area contributed by atoms with E-state index in [0.29, 0.717) is 17.5 Å². The lowest BCUT2D eigenvalue weighted by molar-refractivity contribution is 0.667. The minimum atomic E-state index is 0.580. The lowest BCUT2D eigenvalue weighted by Crippen LogP contribution is -2.03. The van der Waals surface area contributed by atoms with Crippen molar-refractivity contribution >= 4 is 43.7 Å². The molecule has 0 aliphatic carbocycles. The van der Waals surface area contributed by atoms with Crippen LogP contribution in [0.3, 0.4) is 0 Å². The highest BCUT2D eigenvalue weighted by Crippen LogP contribution is 2.38. The summed E-state index contributed by atoms with van der Waals surface area (Å²) in [5.41, 5.74) is 7.45. The van der Waals surface area contributed by atoms with Crippen LogP contribution >= 0.6 is 0 Å². The maximum atomic E-state index is 6.16. The molecule has 6 heteroatoms. The Bertz CT molecular complexity index is 2460. The van der Waals surface area contributed by atoms with Crippen LogP contribution in [0.25, 0.3) is 83.6 Å². The van der Waals surface area contributed by atoms with Gasteiger partial charge < -0.3 is 8.98 Å². The van der Waals surface area contributed by atoms with E-state index in [4.69, 9.17) is 19.4 Å². The predicted octanol–water partition coefficient (Wildman–Crippen LogP) is 9.26. The summed E-state index contributed by atoms with van der Waals surface area (Å²) >= 11 is 0. The number of rotatable bonds is 4. The Balaban J connectivity index is 1.35. The third-order valence-corrected chi connectivity index (χ3v) is 8.17. The zero-order valence-corrected chi connectivity index (χ0v) is 23.4. The van der Waals surface area contributed by atoms with Crippen molar-refractivity contribution in [3.05, 3.63) is 140 Å². The highest BCUT2D eigenvalue weighted by Gasteiger charge is 2.20. The molecule has 0 aliphatic rings. The SMILES string of the molecule is c1ccc(-c2nc(-c3ccccc3-n3c4ccccc4c4ccccc43)nc(-c3cccc4oc5cnccc5c34)n2)cc1. The number of furan rings is 1. The molecule has 0 fully saturated rings. The standard InChI is InChI=1S/C38H23N5O/c1-2-11-24(12-3-1)36-40-37(42-38(41-36)29-16-10-20-33-35(29)28-21-22-39-23-34(28)44-33)27-15-6-9-19-32(27)43-30-17-7-4-13-25(30)26-14-5-8-18-31(26)43/h1-23H. The highest BCUT2D eigenvalue weighted by molar-refractivity contribution is 6.12. The van der Waals surface area contributed by atoms with Gasteiger partial charge in [0.1, 0.15) is 5.58 Å². The molecule has 0 N–H and O–H groups in total. The zero-order valence-electron chi connectivity index (χ0n) is 23.4. The Hall–Kier alpha value is -6.14. The molecule has 0 bridgehead atoms. The predicted molar refractivity (Wildman–Crippen MR) is 176 cm³/mol. The molecular formula is C38H23N5O. The molecule has 5 aromatic carbocycles. The van der Waals surface area contributed by atoms with Crippen molar-refractivity contribution in [2.75, 3.05) is 0 Å².